The second-order valence-corrected chi connectivity index (χ2v) is 7.35. The molecule has 1 amide bonds. The first-order valence-electron chi connectivity index (χ1n) is 5.73. The van der Waals surface area contributed by atoms with Crippen molar-refractivity contribution in [3.05, 3.63) is 29.3 Å². The van der Waals surface area contributed by atoms with Crippen LogP contribution in [0.15, 0.2) is 17.0 Å². The van der Waals surface area contributed by atoms with Crippen molar-refractivity contribution >= 4 is 25.6 Å². The number of rotatable bonds is 4. The molecule has 0 aliphatic carbocycles. The van der Waals surface area contributed by atoms with Gasteiger partial charge < -0.3 is 4.90 Å². The minimum Gasteiger partial charge on any atom is -0.341 e. The number of nitrogens with zero attached hydrogens (tertiary/aromatic N) is 1. The largest absolute Gasteiger partial charge is 0.341 e. The van der Waals surface area contributed by atoms with Gasteiger partial charge in [0.25, 0.3) is 15.0 Å². The van der Waals surface area contributed by atoms with Crippen LogP contribution < -0.4 is 0 Å². The molecule has 0 heterocycles. The Kier molecular flexibility index (Phi) is 5.10. The molecule has 112 valence electrons. The number of hydrogen-bond acceptors (Lipinski definition) is 3. The van der Waals surface area contributed by atoms with Crippen molar-refractivity contribution in [1.29, 1.82) is 0 Å². The van der Waals surface area contributed by atoms with Crippen LogP contribution in [0.2, 0.25) is 0 Å². The van der Waals surface area contributed by atoms with E-state index in [0.717, 1.165) is 6.07 Å². The summed E-state index contributed by atoms with van der Waals surface area (Å²) in [5.74, 6) is -3.52. The van der Waals surface area contributed by atoms with E-state index in [1.807, 2.05) is 13.8 Å². The topological polar surface area (TPSA) is 54.5 Å². The number of halogens is 3. The number of carbonyl (C=O) groups is 1. The summed E-state index contributed by atoms with van der Waals surface area (Å²) in [6, 6.07) is 1.18. The molecule has 1 aromatic rings. The van der Waals surface area contributed by atoms with Crippen LogP contribution in [0.1, 0.15) is 24.2 Å². The molecule has 0 spiro atoms. The Morgan fingerprint density at radius 3 is 2.35 bits per heavy atom. The average molecular weight is 326 g/mol. The van der Waals surface area contributed by atoms with Crippen molar-refractivity contribution in [3.8, 4) is 0 Å². The maximum atomic E-state index is 13.7. The highest BCUT2D eigenvalue weighted by Gasteiger charge is 2.24. The molecule has 0 N–H and O–H groups in total. The third kappa shape index (κ3) is 3.89. The minimum atomic E-state index is -4.25. The zero-order valence-electron chi connectivity index (χ0n) is 11.2. The van der Waals surface area contributed by atoms with Gasteiger partial charge >= 0.3 is 0 Å². The Morgan fingerprint density at radius 2 is 1.90 bits per heavy atom. The van der Waals surface area contributed by atoms with Gasteiger partial charge in [0.1, 0.15) is 0 Å². The van der Waals surface area contributed by atoms with Gasteiger partial charge in [-0.3, -0.25) is 4.79 Å². The van der Waals surface area contributed by atoms with Gasteiger partial charge in [-0.1, -0.05) is 13.8 Å². The van der Waals surface area contributed by atoms with E-state index in [2.05, 4.69) is 0 Å². The second-order valence-electron chi connectivity index (χ2n) is 4.78. The van der Waals surface area contributed by atoms with Crippen molar-refractivity contribution in [2.75, 3.05) is 13.6 Å². The molecule has 0 bridgehead atoms. The third-order valence-electron chi connectivity index (χ3n) is 2.50. The van der Waals surface area contributed by atoms with Gasteiger partial charge in [0, 0.05) is 24.3 Å². The van der Waals surface area contributed by atoms with Crippen LogP contribution in [0.25, 0.3) is 0 Å². The SMILES string of the molecule is CC(C)CN(C)C(=O)c1cc(S(=O)(=O)Cl)cc(F)c1F. The van der Waals surface area contributed by atoms with Gasteiger partial charge in [-0.2, -0.15) is 0 Å². The van der Waals surface area contributed by atoms with E-state index >= 15 is 0 Å². The molecular weight excluding hydrogens is 312 g/mol. The second kappa shape index (κ2) is 6.05. The van der Waals surface area contributed by atoms with Crippen LogP contribution in [0, 0.1) is 17.6 Å². The fraction of sp³-hybridized carbons (Fsp3) is 0.417. The summed E-state index contributed by atoms with van der Waals surface area (Å²) in [7, 11) is 2.25. The Bertz CT molecular complexity index is 632. The Labute approximate surface area is 120 Å². The van der Waals surface area contributed by atoms with Crippen LogP contribution in [0.4, 0.5) is 8.78 Å². The molecule has 0 atom stereocenters. The van der Waals surface area contributed by atoms with Crippen LogP contribution in [-0.2, 0) is 9.05 Å². The summed E-state index contributed by atoms with van der Waals surface area (Å²) in [5, 5.41) is 0. The van der Waals surface area contributed by atoms with Gasteiger partial charge in [0.15, 0.2) is 11.6 Å². The standard InChI is InChI=1S/C12H14ClF2NO3S/c1-7(2)6-16(3)12(17)9-4-8(20(13,18)19)5-10(14)11(9)15/h4-5,7H,6H2,1-3H3. The van der Waals surface area contributed by atoms with Crippen molar-refractivity contribution in [2.45, 2.75) is 18.7 Å². The summed E-state index contributed by atoms with van der Waals surface area (Å²) in [5.41, 5.74) is -0.660. The molecule has 0 aliphatic heterocycles. The first-order chi connectivity index (χ1) is 9.04. The fourth-order valence-electron chi connectivity index (χ4n) is 1.70. The molecule has 0 fully saturated rings. The Morgan fingerprint density at radius 1 is 1.35 bits per heavy atom. The number of benzene rings is 1. The summed E-state index contributed by atoms with van der Waals surface area (Å²) < 4.78 is 49.4. The summed E-state index contributed by atoms with van der Waals surface area (Å²) in [4.78, 5) is 12.5. The number of amides is 1. The quantitative estimate of drug-likeness (QED) is 0.800. The molecule has 20 heavy (non-hydrogen) atoms. The molecule has 0 aliphatic rings. The van der Waals surface area contributed by atoms with E-state index in [9.17, 15) is 22.0 Å². The number of carbonyl (C=O) groups excluding carboxylic acids is 1. The molecule has 0 saturated carbocycles. The highest BCUT2D eigenvalue weighted by Crippen LogP contribution is 2.22. The highest BCUT2D eigenvalue weighted by molar-refractivity contribution is 8.13. The first kappa shape index (κ1) is 16.8. The lowest BCUT2D eigenvalue weighted by molar-refractivity contribution is 0.0773. The van der Waals surface area contributed by atoms with Crippen LogP contribution in [-0.4, -0.2) is 32.8 Å². The first-order valence-corrected chi connectivity index (χ1v) is 8.04. The maximum absolute atomic E-state index is 13.7. The average Bonchev–Trinajstić information content (AvgIpc) is 2.29. The van der Waals surface area contributed by atoms with Crippen molar-refractivity contribution in [2.24, 2.45) is 5.92 Å². The van der Waals surface area contributed by atoms with Gasteiger partial charge in [0.2, 0.25) is 0 Å². The predicted octanol–water partition coefficient (Wildman–Crippen LogP) is 2.62. The number of hydrogen-bond donors (Lipinski definition) is 0. The van der Waals surface area contributed by atoms with Gasteiger partial charge in [0.05, 0.1) is 10.5 Å². The lowest BCUT2D eigenvalue weighted by Gasteiger charge is -2.20. The van der Waals surface area contributed by atoms with E-state index in [0.29, 0.717) is 12.6 Å². The van der Waals surface area contributed by atoms with E-state index in [1.165, 1.54) is 11.9 Å². The van der Waals surface area contributed by atoms with Crippen LogP contribution >= 0.6 is 10.7 Å². The van der Waals surface area contributed by atoms with Gasteiger partial charge in [-0.25, -0.2) is 17.2 Å². The monoisotopic (exact) mass is 325 g/mol. The van der Waals surface area contributed by atoms with E-state index in [-0.39, 0.29) is 5.92 Å². The minimum absolute atomic E-state index is 0.122. The molecular formula is C12H14ClF2NO3S. The van der Waals surface area contributed by atoms with Crippen molar-refractivity contribution in [1.82, 2.24) is 4.90 Å². The van der Waals surface area contributed by atoms with Crippen molar-refractivity contribution in [3.63, 3.8) is 0 Å². The summed E-state index contributed by atoms with van der Waals surface area (Å²) in [6.07, 6.45) is 0. The van der Waals surface area contributed by atoms with Crippen LogP contribution in [0.3, 0.4) is 0 Å². The normalized spacial score (nSPS) is 11.8. The molecule has 8 heteroatoms. The Balaban J connectivity index is 3.31. The zero-order chi connectivity index (χ0) is 15.7. The van der Waals surface area contributed by atoms with Crippen molar-refractivity contribution < 1.29 is 22.0 Å². The van der Waals surface area contributed by atoms with Gasteiger partial charge in [-0.15, -0.1) is 0 Å². The zero-order valence-corrected chi connectivity index (χ0v) is 12.7. The van der Waals surface area contributed by atoms with Crippen LogP contribution in [0.5, 0.6) is 0 Å². The molecule has 0 radical (unpaired) electrons. The van der Waals surface area contributed by atoms with E-state index in [4.69, 9.17) is 10.7 Å². The predicted molar refractivity (Wildman–Crippen MR) is 71.2 cm³/mol. The summed E-state index contributed by atoms with van der Waals surface area (Å²) in [6.45, 7) is 4.01. The van der Waals surface area contributed by atoms with Gasteiger partial charge in [-0.05, 0) is 18.1 Å². The van der Waals surface area contributed by atoms with E-state index in [1.54, 1.807) is 0 Å². The molecule has 0 unspecified atom stereocenters. The fourth-order valence-corrected chi connectivity index (χ4v) is 2.47. The lowest BCUT2D eigenvalue weighted by atomic mass is 10.1. The highest BCUT2D eigenvalue weighted by atomic mass is 35.7. The van der Waals surface area contributed by atoms with E-state index < -0.39 is 37.1 Å². The molecule has 4 nitrogen and oxygen atoms in total. The third-order valence-corrected chi connectivity index (χ3v) is 3.83. The molecule has 0 aromatic heterocycles. The maximum Gasteiger partial charge on any atom is 0.261 e. The smallest absolute Gasteiger partial charge is 0.261 e. The molecule has 1 aromatic carbocycles. The lowest BCUT2D eigenvalue weighted by Crippen LogP contribution is -2.31. The molecule has 1 rings (SSSR count). The summed E-state index contributed by atoms with van der Waals surface area (Å²) >= 11 is 0. The molecule has 0 saturated heterocycles. The Hall–Kier alpha value is -1.21.